The Bertz CT molecular complexity index is 373. The number of morpholine rings is 1. The van der Waals surface area contributed by atoms with Crippen LogP contribution in [0.25, 0.3) is 0 Å². The van der Waals surface area contributed by atoms with Crippen molar-refractivity contribution < 1.29 is 17.9 Å². The SMILES string of the molecule is CCS(=O)(=O)CCNC(=O)N1CC(C)OC(C)C1. The van der Waals surface area contributed by atoms with Crippen molar-refractivity contribution in [1.29, 1.82) is 0 Å². The summed E-state index contributed by atoms with van der Waals surface area (Å²) in [5, 5.41) is 2.64. The van der Waals surface area contributed by atoms with Crippen molar-refractivity contribution in [1.82, 2.24) is 10.2 Å². The van der Waals surface area contributed by atoms with Crippen molar-refractivity contribution in [2.24, 2.45) is 0 Å². The number of hydrogen-bond acceptors (Lipinski definition) is 4. The van der Waals surface area contributed by atoms with E-state index in [4.69, 9.17) is 4.74 Å². The predicted molar refractivity (Wildman–Crippen MR) is 69.3 cm³/mol. The van der Waals surface area contributed by atoms with Crippen LogP contribution in [-0.4, -0.2) is 62.7 Å². The third-order valence-electron chi connectivity index (χ3n) is 2.84. The second-order valence-electron chi connectivity index (χ2n) is 4.63. The van der Waals surface area contributed by atoms with E-state index >= 15 is 0 Å². The van der Waals surface area contributed by atoms with Crippen LogP contribution in [0.4, 0.5) is 4.79 Å². The van der Waals surface area contributed by atoms with E-state index in [1.54, 1.807) is 11.8 Å². The molecule has 1 heterocycles. The van der Waals surface area contributed by atoms with Gasteiger partial charge < -0.3 is 15.0 Å². The van der Waals surface area contributed by atoms with Crippen molar-refractivity contribution in [3.8, 4) is 0 Å². The van der Waals surface area contributed by atoms with Crippen LogP contribution >= 0.6 is 0 Å². The van der Waals surface area contributed by atoms with Gasteiger partial charge in [0.15, 0.2) is 9.84 Å². The van der Waals surface area contributed by atoms with Crippen LogP contribution in [-0.2, 0) is 14.6 Å². The molecule has 2 amide bonds. The second-order valence-corrected chi connectivity index (χ2v) is 7.10. The monoisotopic (exact) mass is 278 g/mol. The first-order valence-electron chi connectivity index (χ1n) is 6.22. The quantitative estimate of drug-likeness (QED) is 0.799. The highest BCUT2D eigenvalue weighted by molar-refractivity contribution is 7.91. The van der Waals surface area contributed by atoms with Gasteiger partial charge in [0.2, 0.25) is 0 Å². The van der Waals surface area contributed by atoms with Gasteiger partial charge in [-0.3, -0.25) is 0 Å². The van der Waals surface area contributed by atoms with Gasteiger partial charge in [-0.25, -0.2) is 13.2 Å². The molecule has 0 radical (unpaired) electrons. The molecule has 1 aliphatic heterocycles. The Morgan fingerprint density at radius 2 is 1.89 bits per heavy atom. The van der Waals surface area contributed by atoms with Crippen molar-refractivity contribution in [2.45, 2.75) is 33.0 Å². The van der Waals surface area contributed by atoms with Gasteiger partial charge in [-0.15, -0.1) is 0 Å². The lowest BCUT2D eigenvalue weighted by molar-refractivity contribution is -0.0544. The van der Waals surface area contributed by atoms with Gasteiger partial charge in [-0.1, -0.05) is 6.92 Å². The van der Waals surface area contributed by atoms with E-state index in [1.165, 1.54) is 0 Å². The van der Waals surface area contributed by atoms with E-state index in [1.807, 2.05) is 13.8 Å². The molecule has 0 aromatic rings. The first-order chi connectivity index (χ1) is 8.34. The number of urea groups is 1. The standard InChI is InChI=1S/C11H22N2O4S/c1-4-18(15,16)6-5-12-11(14)13-7-9(2)17-10(3)8-13/h9-10H,4-8H2,1-3H3,(H,12,14). The van der Waals surface area contributed by atoms with Crippen molar-refractivity contribution in [2.75, 3.05) is 31.1 Å². The number of hydrogen-bond donors (Lipinski definition) is 1. The number of carbonyl (C=O) groups is 1. The number of carbonyl (C=O) groups excluding carboxylic acids is 1. The number of nitrogens with zero attached hydrogens (tertiary/aromatic N) is 1. The van der Waals surface area contributed by atoms with E-state index in [2.05, 4.69) is 5.32 Å². The van der Waals surface area contributed by atoms with E-state index in [0.29, 0.717) is 13.1 Å². The number of sulfone groups is 1. The maximum Gasteiger partial charge on any atom is 0.317 e. The van der Waals surface area contributed by atoms with Crippen molar-refractivity contribution in [3.63, 3.8) is 0 Å². The van der Waals surface area contributed by atoms with Crippen molar-refractivity contribution >= 4 is 15.9 Å². The minimum atomic E-state index is -3.03. The zero-order valence-electron chi connectivity index (χ0n) is 11.2. The lowest BCUT2D eigenvalue weighted by Crippen LogP contribution is -2.52. The summed E-state index contributed by atoms with van der Waals surface area (Å²) in [6, 6.07) is -0.219. The summed E-state index contributed by atoms with van der Waals surface area (Å²) in [5.74, 6) is 0.0964. The first kappa shape index (κ1) is 15.2. The largest absolute Gasteiger partial charge is 0.372 e. The number of amides is 2. The van der Waals surface area contributed by atoms with Crippen LogP contribution in [0.2, 0.25) is 0 Å². The molecule has 1 saturated heterocycles. The molecule has 1 rings (SSSR count). The molecule has 0 aromatic heterocycles. The van der Waals surface area contributed by atoms with Gasteiger partial charge in [0, 0.05) is 25.4 Å². The summed E-state index contributed by atoms with van der Waals surface area (Å²) in [5.41, 5.74) is 0. The molecule has 0 spiro atoms. The molecule has 0 bridgehead atoms. The second kappa shape index (κ2) is 6.38. The maximum absolute atomic E-state index is 11.8. The molecule has 7 heteroatoms. The Morgan fingerprint density at radius 1 is 1.33 bits per heavy atom. The van der Waals surface area contributed by atoms with Crippen molar-refractivity contribution in [3.05, 3.63) is 0 Å². The summed E-state index contributed by atoms with van der Waals surface area (Å²) in [6.45, 7) is 6.67. The number of rotatable bonds is 4. The molecular formula is C11H22N2O4S. The maximum atomic E-state index is 11.8. The Balaban J connectivity index is 2.37. The van der Waals surface area contributed by atoms with Gasteiger partial charge >= 0.3 is 6.03 Å². The smallest absolute Gasteiger partial charge is 0.317 e. The Labute approximate surface area is 109 Å². The third-order valence-corrected chi connectivity index (χ3v) is 4.54. The van der Waals surface area contributed by atoms with E-state index in [-0.39, 0.29) is 36.3 Å². The molecule has 18 heavy (non-hydrogen) atoms. The van der Waals surface area contributed by atoms with Gasteiger partial charge in [0.1, 0.15) is 0 Å². The zero-order valence-corrected chi connectivity index (χ0v) is 12.0. The molecule has 6 nitrogen and oxygen atoms in total. The third kappa shape index (κ3) is 4.81. The fraction of sp³-hybridized carbons (Fsp3) is 0.909. The molecule has 0 aromatic carbocycles. The molecule has 0 aliphatic carbocycles. The Kier molecular flexibility index (Phi) is 5.40. The topological polar surface area (TPSA) is 75.7 Å². The Morgan fingerprint density at radius 3 is 2.39 bits per heavy atom. The van der Waals surface area contributed by atoms with E-state index in [9.17, 15) is 13.2 Å². The van der Waals surface area contributed by atoms with Crippen LogP contribution in [0.5, 0.6) is 0 Å². The predicted octanol–water partition coefficient (Wildman–Crippen LogP) is 0.240. The average Bonchev–Trinajstić information content (AvgIpc) is 2.27. The van der Waals surface area contributed by atoms with Gasteiger partial charge in [0.05, 0.1) is 18.0 Å². The lowest BCUT2D eigenvalue weighted by atomic mass is 10.2. The van der Waals surface area contributed by atoms with E-state index < -0.39 is 9.84 Å². The van der Waals surface area contributed by atoms with E-state index in [0.717, 1.165) is 0 Å². The average molecular weight is 278 g/mol. The van der Waals surface area contributed by atoms with Gasteiger partial charge in [0.25, 0.3) is 0 Å². The normalized spacial score (nSPS) is 24.9. The lowest BCUT2D eigenvalue weighted by Gasteiger charge is -2.35. The van der Waals surface area contributed by atoms with Gasteiger partial charge in [-0.2, -0.15) is 0 Å². The molecule has 0 saturated carbocycles. The molecule has 106 valence electrons. The fourth-order valence-electron chi connectivity index (χ4n) is 1.91. The number of ether oxygens (including phenoxy) is 1. The number of nitrogens with one attached hydrogen (secondary N) is 1. The first-order valence-corrected chi connectivity index (χ1v) is 8.05. The fourth-order valence-corrected chi connectivity index (χ4v) is 2.62. The van der Waals surface area contributed by atoms with Crippen LogP contribution in [0.3, 0.4) is 0 Å². The molecule has 2 atom stereocenters. The van der Waals surface area contributed by atoms with Crippen LogP contribution in [0.1, 0.15) is 20.8 Å². The zero-order chi connectivity index (χ0) is 13.8. The Hall–Kier alpha value is -0.820. The summed E-state index contributed by atoms with van der Waals surface area (Å²) >= 11 is 0. The molecule has 2 unspecified atom stereocenters. The summed E-state index contributed by atoms with van der Waals surface area (Å²) in [6.07, 6.45) is 0.0257. The summed E-state index contributed by atoms with van der Waals surface area (Å²) in [4.78, 5) is 13.5. The molecule has 1 N–H and O–H groups in total. The van der Waals surface area contributed by atoms with Crippen LogP contribution in [0, 0.1) is 0 Å². The highest BCUT2D eigenvalue weighted by Crippen LogP contribution is 2.10. The van der Waals surface area contributed by atoms with Crippen LogP contribution < -0.4 is 5.32 Å². The minimum absolute atomic E-state index is 0.00924. The highest BCUT2D eigenvalue weighted by Gasteiger charge is 2.25. The van der Waals surface area contributed by atoms with Gasteiger partial charge in [-0.05, 0) is 13.8 Å². The minimum Gasteiger partial charge on any atom is -0.372 e. The summed E-state index contributed by atoms with van der Waals surface area (Å²) < 4.78 is 28.1. The molecular weight excluding hydrogens is 256 g/mol. The van der Waals surface area contributed by atoms with Crippen LogP contribution in [0.15, 0.2) is 0 Å². The molecule has 1 fully saturated rings. The highest BCUT2D eigenvalue weighted by atomic mass is 32.2. The molecule has 1 aliphatic rings. The summed E-state index contributed by atoms with van der Waals surface area (Å²) in [7, 11) is -3.03.